The Hall–Kier alpha value is -2.32. The molecule has 0 saturated carbocycles. The molecule has 0 bridgehead atoms. The summed E-state index contributed by atoms with van der Waals surface area (Å²) in [6.07, 6.45) is -4.82. The molecule has 27 heavy (non-hydrogen) atoms. The van der Waals surface area contributed by atoms with Gasteiger partial charge in [0.05, 0.1) is 12.6 Å². The zero-order valence-corrected chi connectivity index (χ0v) is 15.4. The van der Waals surface area contributed by atoms with E-state index in [9.17, 15) is 13.2 Å². The van der Waals surface area contributed by atoms with Gasteiger partial charge in [0.25, 0.3) is 0 Å². The van der Waals surface area contributed by atoms with Crippen LogP contribution in [0.3, 0.4) is 0 Å². The largest absolute Gasteiger partial charge is 0.573 e. The number of rotatable bonds is 3. The highest BCUT2D eigenvalue weighted by molar-refractivity contribution is 7.80. The van der Waals surface area contributed by atoms with Crippen LogP contribution < -0.4 is 10.1 Å². The highest BCUT2D eigenvalue weighted by atomic mass is 32.1. The molecule has 4 nitrogen and oxygen atoms in total. The maximum absolute atomic E-state index is 12.2. The van der Waals surface area contributed by atoms with Gasteiger partial charge in [-0.05, 0) is 49.0 Å². The molecular weight excluding hydrogens is 377 g/mol. The van der Waals surface area contributed by atoms with E-state index in [1.165, 1.54) is 24.3 Å². The Balaban J connectivity index is 1.63. The van der Waals surface area contributed by atoms with E-state index in [4.69, 9.17) is 17.0 Å². The van der Waals surface area contributed by atoms with Crippen molar-refractivity contribution < 1.29 is 22.6 Å². The number of anilines is 1. The fourth-order valence-electron chi connectivity index (χ4n) is 2.91. The molecule has 0 aliphatic carbocycles. The lowest BCUT2D eigenvalue weighted by molar-refractivity contribution is -0.274. The summed E-state index contributed by atoms with van der Waals surface area (Å²) < 4.78 is 46.6. The SMILES string of the molecule is C[C@H]1CN(C(=S)Nc2ccc(OC(F)(F)F)cc2)C[C@@H](c2ccccc2)O1. The highest BCUT2D eigenvalue weighted by Crippen LogP contribution is 2.27. The van der Waals surface area contributed by atoms with Crippen LogP contribution in [0.5, 0.6) is 5.75 Å². The van der Waals surface area contributed by atoms with Crippen LogP contribution in [-0.4, -0.2) is 35.6 Å². The summed E-state index contributed by atoms with van der Waals surface area (Å²) in [5.74, 6) is -0.275. The number of hydrogen-bond acceptors (Lipinski definition) is 3. The third kappa shape index (κ3) is 5.58. The van der Waals surface area contributed by atoms with Gasteiger partial charge in [-0.3, -0.25) is 0 Å². The number of alkyl halides is 3. The molecule has 1 heterocycles. The second kappa shape index (κ2) is 8.14. The van der Waals surface area contributed by atoms with Crippen molar-refractivity contribution >= 4 is 23.0 Å². The summed E-state index contributed by atoms with van der Waals surface area (Å²) in [7, 11) is 0. The maximum Gasteiger partial charge on any atom is 0.573 e. The first-order valence-electron chi connectivity index (χ1n) is 8.42. The van der Waals surface area contributed by atoms with E-state index in [2.05, 4.69) is 10.1 Å². The van der Waals surface area contributed by atoms with Crippen LogP contribution in [-0.2, 0) is 4.74 Å². The first-order chi connectivity index (χ1) is 12.8. The van der Waals surface area contributed by atoms with Crippen molar-refractivity contribution in [3.05, 3.63) is 60.2 Å². The number of nitrogens with one attached hydrogen (secondary N) is 1. The molecule has 0 unspecified atom stereocenters. The zero-order valence-electron chi connectivity index (χ0n) is 14.6. The molecule has 0 spiro atoms. The number of hydrogen-bond donors (Lipinski definition) is 1. The molecular formula is C19H19F3N2O2S. The second-order valence-corrected chi connectivity index (χ2v) is 6.64. The molecule has 0 aromatic heterocycles. The number of benzene rings is 2. The minimum Gasteiger partial charge on any atom is -0.406 e. The summed E-state index contributed by atoms with van der Waals surface area (Å²) >= 11 is 5.48. The van der Waals surface area contributed by atoms with Gasteiger partial charge in [-0.2, -0.15) is 0 Å². The van der Waals surface area contributed by atoms with Crippen LogP contribution in [0.1, 0.15) is 18.6 Å². The number of ether oxygens (including phenoxy) is 2. The van der Waals surface area contributed by atoms with E-state index in [-0.39, 0.29) is 18.0 Å². The lowest BCUT2D eigenvalue weighted by atomic mass is 10.1. The van der Waals surface area contributed by atoms with Gasteiger partial charge in [0.1, 0.15) is 11.9 Å². The lowest BCUT2D eigenvalue weighted by Crippen LogP contribution is -2.47. The van der Waals surface area contributed by atoms with Crippen molar-refractivity contribution in [3.8, 4) is 5.75 Å². The molecule has 3 rings (SSSR count). The number of halogens is 3. The van der Waals surface area contributed by atoms with Crippen LogP contribution in [0.2, 0.25) is 0 Å². The normalized spacial score (nSPS) is 20.2. The average Bonchev–Trinajstić information content (AvgIpc) is 2.62. The van der Waals surface area contributed by atoms with Crippen molar-refractivity contribution in [2.24, 2.45) is 0 Å². The van der Waals surface area contributed by atoms with E-state index in [0.717, 1.165) is 5.56 Å². The molecule has 144 valence electrons. The summed E-state index contributed by atoms with van der Waals surface area (Å²) in [6.45, 7) is 3.20. The molecule has 2 aromatic rings. The predicted octanol–water partition coefficient (Wildman–Crippen LogP) is 4.74. The Morgan fingerprint density at radius 3 is 2.41 bits per heavy atom. The summed E-state index contributed by atoms with van der Waals surface area (Å²) in [6, 6.07) is 15.4. The van der Waals surface area contributed by atoms with Gasteiger partial charge in [-0.25, -0.2) is 0 Å². The fourth-order valence-corrected chi connectivity index (χ4v) is 3.18. The second-order valence-electron chi connectivity index (χ2n) is 6.25. The van der Waals surface area contributed by atoms with Crippen LogP contribution in [0.15, 0.2) is 54.6 Å². The first kappa shape index (κ1) is 19.4. The van der Waals surface area contributed by atoms with Crippen molar-refractivity contribution in [1.82, 2.24) is 4.90 Å². The van der Waals surface area contributed by atoms with E-state index in [0.29, 0.717) is 23.9 Å². The van der Waals surface area contributed by atoms with Gasteiger partial charge in [0.15, 0.2) is 5.11 Å². The maximum atomic E-state index is 12.2. The van der Waals surface area contributed by atoms with E-state index in [1.807, 2.05) is 42.2 Å². The molecule has 1 saturated heterocycles. The van der Waals surface area contributed by atoms with Crippen molar-refractivity contribution in [3.63, 3.8) is 0 Å². The Morgan fingerprint density at radius 1 is 1.11 bits per heavy atom. The third-order valence-corrected chi connectivity index (χ3v) is 4.42. The molecule has 0 radical (unpaired) electrons. The van der Waals surface area contributed by atoms with Crippen LogP contribution in [0, 0.1) is 0 Å². The average molecular weight is 396 g/mol. The number of nitrogens with zero attached hydrogens (tertiary/aromatic N) is 1. The van der Waals surface area contributed by atoms with Crippen LogP contribution >= 0.6 is 12.2 Å². The van der Waals surface area contributed by atoms with E-state index in [1.54, 1.807) is 0 Å². The zero-order chi connectivity index (χ0) is 19.4. The van der Waals surface area contributed by atoms with Gasteiger partial charge >= 0.3 is 6.36 Å². The van der Waals surface area contributed by atoms with E-state index < -0.39 is 6.36 Å². The minimum atomic E-state index is -4.71. The van der Waals surface area contributed by atoms with Gasteiger partial charge < -0.3 is 19.7 Å². The molecule has 1 aliphatic heterocycles. The van der Waals surface area contributed by atoms with Crippen LogP contribution in [0.25, 0.3) is 0 Å². The molecule has 8 heteroatoms. The lowest BCUT2D eigenvalue weighted by Gasteiger charge is -2.38. The Morgan fingerprint density at radius 2 is 1.78 bits per heavy atom. The summed E-state index contributed by atoms with van der Waals surface area (Å²) in [5.41, 5.74) is 1.66. The van der Waals surface area contributed by atoms with Gasteiger partial charge in [0, 0.05) is 12.2 Å². The van der Waals surface area contributed by atoms with Crippen molar-refractivity contribution in [2.75, 3.05) is 18.4 Å². The molecule has 1 N–H and O–H groups in total. The highest BCUT2D eigenvalue weighted by Gasteiger charge is 2.31. The number of thiocarbonyl (C=S) groups is 1. The molecule has 2 aromatic carbocycles. The molecule has 2 atom stereocenters. The topological polar surface area (TPSA) is 33.7 Å². The number of morpholine rings is 1. The van der Waals surface area contributed by atoms with Gasteiger partial charge in [-0.15, -0.1) is 13.2 Å². The standard InChI is InChI=1S/C19H19F3N2O2S/c1-13-11-24(12-17(25-13)14-5-3-2-4-6-14)18(27)23-15-7-9-16(10-8-15)26-19(20,21)22/h2-10,13,17H,11-12H2,1H3,(H,23,27)/t13-,17-/m0/s1. The van der Waals surface area contributed by atoms with Crippen molar-refractivity contribution in [1.29, 1.82) is 0 Å². The van der Waals surface area contributed by atoms with E-state index >= 15 is 0 Å². The molecule has 1 aliphatic rings. The molecule has 1 fully saturated rings. The first-order valence-corrected chi connectivity index (χ1v) is 8.83. The predicted molar refractivity (Wildman–Crippen MR) is 101 cm³/mol. The smallest absolute Gasteiger partial charge is 0.406 e. The molecule has 0 amide bonds. The van der Waals surface area contributed by atoms with Gasteiger partial charge in [-0.1, -0.05) is 30.3 Å². The Kier molecular flexibility index (Phi) is 5.86. The monoisotopic (exact) mass is 396 g/mol. The Bertz CT molecular complexity index is 769. The Labute approximate surface area is 160 Å². The van der Waals surface area contributed by atoms with Crippen LogP contribution in [0.4, 0.5) is 18.9 Å². The fraction of sp³-hybridized carbons (Fsp3) is 0.316. The minimum absolute atomic E-state index is 0.00809. The van der Waals surface area contributed by atoms with Crippen molar-refractivity contribution in [2.45, 2.75) is 25.5 Å². The van der Waals surface area contributed by atoms with Gasteiger partial charge in [0.2, 0.25) is 0 Å². The summed E-state index contributed by atoms with van der Waals surface area (Å²) in [5, 5.41) is 3.56. The summed E-state index contributed by atoms with van der Waals surface area (Å²) in [4.78, 5) is 2.00. The third-order valence-electron chi connectivity index (χ3n) is 4.06. The quantitative estimate of drug-likeness (QED) is 0.758.